The lowest BCUT2D eigenvalue weighted by atomic mass is 10.1. The Morgan fingerprint density at radius 1 is 0.789 bits per heavy atom. The van der Waals surface area contributed by atoms with E-state index in [1.165, 1.54) is 18.2 Å². The summed E-state index contributed by atoms with van der Waals surface area (Å²) in [6, 6.07) is 10.8. The van der Waals surface area contributed by atoms with Crippen LogP contribution in [0.4, 0.5) is 5.69 Å². The van der Waals surface area contributed by atoms with Gasteiger partial charge in [0.25, 0.3) is 0 Å². The highest BCUT2D eigenvalue weighted by Gasteiger charge is 2.38. The molecule has 9 heteroatoms. The molecule has 0 atom stereocenters. The van der Waals surface area contributed by atoms with E-state index in [0.29, 0.717) is 5.39 Å². The van der Waals surface area contributed by atoms with E-state index in [1.54, 1.807) is 24.3 Å². The molecule has 2 aromatic carbocycles. The summed E-state index contributed by atoms with van der Waals surface area (Å²) in [6.07, 6.45) is 0. The minimum atomic E-state index is -5.07. The Labute approximate surface area is 109 Å². The Hall–Kier alpha value is -1.52. The van der Waals surface area contributed by atoms with Crippen molar-refractivity contribution in [2.75, 3.05) is 0 Å². The highest BCUT2D eigenvalue weighted by molar-refractivity contribution is 7.91. The molecule has 3 N–H and O–H groups in total. The standard InChI is InChI=1S/C10H9NO6S2/c12-18(13,14)11(19(15,16)17)10-6-5-8-3-1-2-4-9(8)7-10/h1-7H,(H,12,13,14)(H,15,16,17)/p+1. The first-order chi connectivity index (χ1) is 8.69. The summed E-state index contributed by atoms with van der Waals surface area (Å²) in [6.45, 7) is 0. The number of rotatable bonds is 3. The molecule has 0 aliphatic carbocycles. The second kappa shape index (κ2) is 4.54. The first-order valence-corrected chi connectivity index (χ1v) is 7.89. The summed E-state index contributed by atoms with van der Waals surface area (Å²) in [5.41, 5.74) is -0.302. The molecule has 0 aliphatic rings. The van der Waals surface area contributed by atoms with Gasteiger partial charge in [-0.15, -0.1) is 16.8 Å². The fraction of sp³-hybridized carbons (Fsp3) is 0. The molecule has 0 aliphatic heterocycles. The van der Waals surface area contributed by atoms with Crippen molar-refractivity contribution >= 4 is 37.1 Å². The van der Waals surface area contributed by atoms with Crippen LogP contribution in [0.3, 0.4) is 0 Å². The third-order valence-electron chi connectivity index (χ3n) is 2.45. The quantitative estimate of drug-likeness (QED) is 0.686. The van der Waals surface area contributed by atoms with Crippen LogP contribution in [0.2, 0.25) is 0 Å². The van der Waals surface area contributed by atoms with Crippen molar-refractivity contribution in [2.24, 2.45) is 0 Å². The molecule has 0 saturated carbocycles. The van der Waals surface area contributed by atoms with E-state index in [1.807, 2.05) is 0 Å². The molecular weight excluding hydrogens is 294 g/mol. The van der Waals surface area contributed by atoms with Crippen molar-refractivity contribution in [1.29, 1.82) is 0 Å². The number of nitrogens with one attached hydrogen (secondary N) is 1. The molecular formula is C10H10NO6S2+. The Bertz CT molecular complexity index is 796. The maximum absolute atomic E-state index is 11.1. The van der Waals surface area contributed by atoms with Crippen molar-refractivity contribution < 1.29 is 29.7 Å². The van der Waals surface area contributed by atoms with Crippen molar-refractivity contribution in [2.45, 2.75) is 0 Å². The number of quaternary nitrogens is 1. The van der Waals surface area contributed by atoms with Gasteiger partial charge in [-0.3, -0.25) is 0 Å². The molecule has 0 radical (unpaired) electrons. The summed E-state index contributed by atoms with van der Waals surface area (Å²) >= 11 is 0. The Morgan fingerprint density at radius 3 is 1.84 bits per heavy atom. The molecule has 0 spiro atoms. The molecule has 102 valence electrons. The van der Waals surface area contributed by atoms with E-state index in [-0.39, 0.29) is 5.69 Å². The largest absolute Gasteiger partial charge is 0.453 e. The van der Waals surface area contributed by atoms with Gasteiger partial charge in [-0.05, 0) is 20.5 Å². The average molecular weight is 304 g/mol. The van der Waals surface area contributed by atoms with E-state index in [2.05, 4.69) is 0 Å². The van der Waals surface area contributed by atoms with Crippen molar-refractivity contribution in [3.63, 3.8) is 0 Å². The van der Waals surface area contributed by atoms with Gasteiger partial charge in [0.05, 0.1) is 0 Å². The zero-order valence-corrected chi connectivity index (χ0v) is 11.0. The van der Waals surface area contributed by atoms with E-state index >= 15 is 0 Å². The minimum Gasteiger partial charge on any atom is -0.240 e. The van der Waals surface area contributed by atoms with E-state index < -0.39 is 24.3 Å². The van der Waals surface area contributed by atoms with Gasteiger partial charge in [-0.1, -0.05) is 24.3 Å². The van der Waals surface area contributed by atoms with Crippen LogP contribution in [0.25, 0.3) is 10.8 Å². The molecule has 2 aromatic rings. The van der Waals surface area contributed by atoms with Crippen LogP contribution < -0.4 is 3.71 Å². The molecule has 0 amide bonds. The van der Waals surface area contributed by atoms with Crippen LogP contribution in [-0.4, -0.2) is 25.9 Å². The molecule has 0 heterocycles. The van der Waals surface area contributed by atoms with E-state index in [0.717, 1.165) is 5.39 Å². The monoisotopic (exact) mass is 304 g/mol. The third kappa shape index (κ3) is 2.91. The molecule has 7 nitrogen and oxygen atoms in total. The first-order valence-electron chi connectivity index (χ1n) is 5.01. The van der Waals surface area contributed by atoms with Crippen LogP contribution in [0.1, 0.15) is 0 Å². The van der Waals surface area contributed by atoms with Crippen LogP contribution in [0.5, 0.6) is 0 Å². The second-order valence-electron chi connectivity index (χ2n) is 3.80. The summed E-state index contributed by atoms with van der Waals surface area (Å²) < 4.78 is 60.8. The molecule has 0 saturated heterocycles. The van der Waals surface area contributed by atoms with Gasteiger partial charge >= 0.3 is 20.6 Å². The maximum Gasteiger partial charge on any atom is 0.453 e. The number of hydrogen-bond acceptors (Lipinski definition) is 4. The van der Waals surface area contributed by atoms with Crippen LogP contribution in [-0.2, 0) is 20.6 Å². The highest BCUT2D eigenvalue weighted by atomic mass is 32.3. The molecule has 0 aromatic heterocycles. The van der Waals surface area contributed by atoms with Gasteiger partial charge in [0.2, 0.25) is 0 Å². The number of benzene rings is 2. The predicted molar refractivity (Wildman–Crippen MR) is 67.7 cm³/mol. The summed E-state index contributed by atoms with van der Waals surface area (Å²) in [4.78, 5) is 0. The lowest BCUT2D eigenvalue weighted by Gasteiger charge is -2.10. The smallest absolute Gasteiger partial charge is 0.240 e. The van der Waals surface area contributed by atoms with Crippen LogP contribution in [0, 0.1) is 0 Å². The van der Waals surface area contributed by atoms with Gasteiger partial charge in [0.15, 0.2) is 5.69 Å². The van der Waals surface area contributed by atoms with Gasteiger partial charge in [-0.25, -0.2) is 9.11 Å². The predicted octanol–water partition coefficient (Wildman–Crippen LogP) is -0.0382. The van der Waals surface area contributed by atoms with E-state index in [4.69, 9.17) is 9.11 Å². The lowest BCUT2D eigenvalue weighted by molar-refractivity contribution is -0.545. The molecule has 19 heavy (non-hydrogen) atoms. The normalized spacial score (nSPS) is 13.0. The van der Waals surface area contributed by atoms with Crippen molar-refractivity contribution in [1.82, 2.24) is 0 Å². The molecule has 0 fully saturated rings. The second-order valence-corrected chi connectivity index (χ2v) is 6.77. The van der Waals surface area contributed by atoms with Crippen LogP contribution in [0.15, 0.2) is 42.5 Å². The van der Waals surface area contributed by atoms with Gasteiger partial charge < -0.3 is 0 Å². The molecule has 2 rings (SSSR count). The van der Waals surface area contributed by atoms with Crippen LogP contribution >= 0.6 is 0 Å². The zero-order chi connectivity index (χ0) is 14.3. The Morgan fingerprint density at radius 2 is 1.32 bits per heavy atom. The van der Waals surface area contributed by atoms with Gasteiger partial charge in [0.1, 0.15) is 0 Å². The summed E-state index contributed by atoms with van der Waals surface area (Å²) in [5.74, 6) is 0. The zero-order valence-electron chi connectivity index (χ0n) is 9.39. The topological polar surface area (TPSA) is 113 Å². The number of fused-ring (bicyclic) bond motifs is 1. The van der Waals surface area contributed by atoms with Gasteiger partial charge in [0, 0.05) is 12.1 Å². The summed E-state index contributed by atoms with van der Waals surface area (Å²) in [5, 5.41) is 1.33. The average Bonchev–Trinajstić information content (AvgIpc) is 2.25. The van der Waals surface area contributed by atoms with Crippen molar-refractivity contribution in [3.8, 4) is 0 Å². The van der Waals surface area contributed by atoms with Crippen molar-refractivity contribution in [3.05, 3.63) is 42.5 Å². The minimum absolute atomic E-state index is 0.302. The summed E-state index contributed by atoms with van der Waals surface area (Å²) in [7, 11) is -10.1. The highest BCUT2D eigenvalue weighted by Crippen LogP contribution is 2.17. The lowest BCUT2D eigenvalue weighted by Crippen LogP contribution is -3.11. The maximum atomic E-state index is 11.1. The van der Waals surface area contributed by atoms with E-state index in [9.17, 15) is 16.8 Å². The SMILES string of the molecule is O=S(=O)(O)[NH+](c1ccc2ccccc2c1)S(=O)(=O)O. The Balaban J connectivity index is 2.71. The first kappa shape index (κ1) is 13.9. The van der Waals surface area contributed by atoms with Gasteiger partial charge in [-0.2, -0.15) is 0 Å². The third-order valence-corrected chi connectivity index (χ3v) is 5.13. The Kier molecular flexibility index (Phi) is 3.32. The molecule has 0 bridgehead atoms. The number of hydrogen-bond donors (Lipinski definition) is 3. The fourth-order valence-electron chi connectivity index (χ4n) is 1.75. The molecule has 0 unspecified atom stereocenters. The fourth-order valence-corrected chi connectivity index (χ4v) is 3.66.